The van der Waals surface area contributed by atoms with E-state index in [9.17, 15) is 9.59 Å². The summed E-state index contributed by atoms with van der Waals surface area (Å²) in [6.07, 6.45) is 1.59. The Morgan fingerprint density at radius 3 is 1.85 bits per heavy atom. The molecule has 8 nitrogen and oxygen atoms in total. The van der Waals surface area contributed by atoms with Crippen LogP contribution in [-0.4, -0.2) is 38.8 Å². The van der Waals surface area contributed by atoms with E-state index in [0.717, 1.165) is 11.1 Å². The van der Waals surface area contributed by atoms with Gasteiger partial charge in [0.15, 0.2) is 0 Å². The fraction of sp³-hybridized carbons (Fsp3) is 0.167. The number of amides is 2. The van der Waals surface area contributed by atoms with Gasteiger partial charge in [0.05, 0.1) is 26.6 Å². The first-order valence-electron chi connectivity index (χ1n) is 5.50. The second kappa shape index (κ2) is 8.25. The molecular weight excluding hydrogens is 264 g/mol. The SMILES string of the molecule is COC(=O)NN=Cc1cccc(C=NNC(=O)OC)c1. The van der Waals surface area contributed by atoms with Gasteiger partial charge >= 0.3 is 12.2 Å². The first-order chi connectivity index (χ1) is 9.65. The van der Waals surface area contributed by atoms with E-state index >= 15 is 0 Å². The minimum absolute atomic E-state index is 0.652. The fourth-order valence-corrected chi connectivity index (χ4v) is 1.13. The van der Waals surface area contributed by atoms with Gasteiger partial charge in [0.2, 0.25) is 0 Å². The molecule has 8 heteroatoms. The summed E-state index contributed by atoms with van der Waals surface area (Å²) in [5.74, 6) is 0. The second-order valence-electron chi connectivity index (χ2n) is 3.39. The highest BCUT2D eigenvalue weighted by Crippen LogP contribution is 2.00. The monoisotopic (exact) mass is 278 g/mol. The zero-order valence-corrected chi connectivity index (χ0v) is 11.0. The van der Waals surface area contributed by atoms with Crippen molar-refractivity contribution in [3.63, 3.8) is 0 Å². The summed E-state index contributed by atoms with van der Waals surface area (Å²) < 4.78 is 8.72. The maximum atomic E-state index is 10.8. The molecule has 0 radical (unpaired) electrons. The van der Waals surface area contributed by atoms with Crippen molar-refractivity contribution in [3.8, 4) is 0 Å². The van der Waals surface area contributed by atoms with Crippen LogP contribution in [0.3, 0.4) is 0 Å². The summed E-state index contributed by atoms with van der Waals surface area (Å²) >= 11 is 0. The minimum Gasteiger partial charge on any atom is -0.452 e. The van der Waals surface area contributed by atoms with Crippen LogP contribution in [0.2, 0.25) is 0 Å². The van der Waals surface area contributed by atoms with Crippen LogP contribution in [0, 0.1) is 0 Å². The van der Waals surface area contributed by atoms with Crippen molar-refractivity contribution in [1.82, 2.24) is 10.9 Å². The van der Waals surface area contributed by atoms with E-state index in [-0.39, 0.29) is 0 Å². The van der Waals surface area contributed by atoms with Crippen molar-refractivity contribution in [3.05, 3.63) is 35.4 Å². The molecule has 0 aliphatic rings. The Labute approximate surface area is 115 Å². The number of carbonyl (C=O) groups excluding carboxylic acids is 2. The first kappa shape index (κ1) is 15.2. The predicted octanol–water partition coefficient (Wildman–Crippen LogP) is 1.07. The predicted molar refractivity (Wildman–Crippen MR) is 72.7 cm³/mol. The van der Waals surface area contributed by atoms with E-state index in [1.54, 1.807) is 24.3 Å². The molecule has 0 heterocycles. The number of hydrogen-bond acceptors (Lipinski definition) is 6. The van der Waals surface area contributed by atoms with Crippen LogP contribution < -0.4 is 10.9 Å². The number of nitrogens with one attached hydrogen (secondary N) is 2. The van der Waals surface area contributed by atoms with E-state index in [4.69, 9.17) is 0 Å². The van der Waals surface area contributed by atoms with Crippen molar-refractivity contribution in [2.24, 2.45) is 10.2 Å². The maximum absolute atomic E-state index is 10.8. The molecule has 20 heavy (non-hydrogen) atoms. The average molecular weight is 278 g/mol. The molecule has 0 aromatic heterocycles. The molecule has 0 unspecified atom stereocenters. The lowest BCUT2D eigenvalue weighted by molar-refractivity contribution is 0.170. The molecule has 0 saturated carbocycles. The Balaban J connectivity index is 2.61. The van der Waals surface area contributed by atoms with Crippen LogP contribution in [0.4, 0.5) is 9.59 Å². The average Bonchev–Trinajstić information content (AvgIpc) is 2.47. The van der Waals surface area contributed by atoms with Gasteiger partial charge in [-0.3, -0.25) is 0 Å². The quantitative estimate of drug-likeness (QED) is 0.635. The summed E-state index contributed by atoms with van der Waals surface area (Å²) in [5, 5.41) is 7.38. The number of methoxy groups -OCH3 is 2. The van der Waals surface area contributed by atoms with E-state index < -0.39 is 12.2 Å². The van der Waals surface area contributed by atoms with Crippen molar-refractivity contribution in [2.45, 2.75) is 0 Å². The van der Waals surface area contributed by atoms with Gasteiger partial charge in [-0.05, 0) is 17.2 Å². The number of benzene rings is 1. The lowest BCUT2D eigenvalue weighted by atomic mass is 10.1. The van der Waals surface area contributed by atoms with Crippen LogP contribution in [-0.2, 0) is 9.47 Å². The molecule has 2 N–H and O–H groups in total. The van der Waals surface area contributed by atoms with Gasteiger partial charge in [-0.1, -0.05) is 18.2 Å². The number of ether oxygens (including phenoxy) is 2. The van der Waals surface area contributed by atoms with Crippen LogP contribution in [0.25, 0.3) is 0 Å². The third-order valence-corrected chi connectivity index (χ3v) is 2.02. The molecule has 1 aromatic carbocycles. The highest BCUT2D eigenvalue weighted by atomic mass is 16.5. The zero-order chi connectivity index (χ0) is 14.8. The van der Waals surface area contributed by atoms with Gasteiger partial charge in [-0.25, -0.2) is 20.4 Å². The molecule has 2 amide bonds. The molecule has 106 valence electrons. The van der Waals surface area contributed by atoms with E-state index in [1.807, 2.05) is 0 Å². The molecule has 0 aliphatic carbocycles. The molecule has 0 spiro atoms. The second-order valence-corrected chi connectivity index (χ2v) is 3.39. The number of hydrogen-bond donors (Lipinski definition) is 2. The normalized spacial score (nSPS) is 10.5. The van der Waals surface area contributed by atoms with Crippen molar-refractivity contribution in [1.29, 1.82) is 0 Å². The standard InChI is InChI=1S/C12H14N4O4/c1-19-11(17)15-13-7-9-4-3-5-10(6-9)8-14-16-12(18)20-2/h3-8H,1-2H3,(H,15,17)(H,16,18). The Morgan fingerprint density at radius 2 is 1.45 bits per heavy atom. The van der Waals surface area contributed by atoms with Crippen LogP contribution >= 0.6 is 0 Å². The number of rotatable bonds is 4. The highest BCUT2D eigenvalue weighted by molar-refractivity contribution is 5.86. The number of nitrogens with zero attached hydrogens (tertiary/aromatic N) is 2. The molecular formula is C12H14N4O4. The molecule has 1 rings (SSSR count). The largest absolute Gasteiger partial charge is 0.452 e. The molecule has 0 saturated heterocycles. The molecule has 0 bridgehead atoms. The maximum Gasteiger partial charge on any atom is 0.427 e. The molecule has 0 aliphatic heterocycles. The van der Waals surface area contributed by atoms with Gasteiger partial charge in [0, 0.05) is 0 Å². The van der Waals surface area contributed by atoms with Gasteiger partial charge in [-0.15, -0.1) is 0 Å². The number of carbonyl (C=O) groups is 2. The summed E-state index contributed by atoms with van der Waals surface area (Å²) in [6.45, 7) is 0. The Morgan fingerprint density at radius 1 is 1.00 bits per heavy atom. The molecule has 1 aromatic rings. The van der Waals surface area contributed by atoms with E-state index in [1.165, 1.54) is 26.6 Å². The van der Waals surface area contributed by atoms with Crippen molar-refractivity contribution >= 4 is 24.6 Å². The third kappa shape index (κ3) is 5.63. The van der Waals surface area contributed by atoms with Gasteiger partial charge < -0.3 is 9.47 Å². The highest BCUT2D eigenvalue weighted by Gasteiger charge is 1.95. The van der Waals surface area contributed by atoms with Crippen LogP contribution in [0.1, 0.15) is 11.1 Å². The minimum atomic E-state index is -0.652. The van der Waals surface area contributed by atoms with Crippen LogP contribution in [0.5, 0.6) is 0 Å². The van der Waals surface area contributed by atoms with E-state index in [0.29, 0.717) is 0 Å². The fourth-order valence-electron chi connectivity index (χ4n) is 1.13. The lowest BCUT2D eigenvalue weighted by Gasteiger charge is -1.98. The van der Waals surface area contributed by atoms with E-state index in [2.05, 4.69) is 30.5 Å². The summed E-state index contributed by atoms with van der Waals surface area (Å²) in [4.78, 5) is 21.6. The Hall–Kier alpha value is -2.90. The third-order valence-electron chi connectivity index (χ3n) is 2.02. The van der Waals surface area contributed by atoms with Gasteiger partial charge in [0.1, 0.15) is 0 Å². The lowest BCUT2D eigenvalue weighted by Crippen LogP contribution is -2.17. The summed E-state index contributed by atoms with van der Waals surface area (Å²) in [6, 6.07) is 7.10. The topological polar surface area (TPSA) is 101 Å². The zero-order valence-electron chi connectivity index (χ0n) is 11.0. The van der Waals surface area contributed by atoms with Gasteiger partial charge in [-0.2, -0.15) is 10.2 Å². The van der Waals surface area contributed by atoms with Gasteiger partial charge in [0.25, 0.3) is 0 Å². The smallest absolute Gasteiger partial charge is 0.427 e. The summed E-state index contributed by atoms with van der Waals surface area (Å²) in [5.41, 5.74) is 5.81. The first-order valence-corrected chi connectivity index (χ1v) is 5.50. The molecule has 0 fully saturated rings. The number of hydrazone groups is 2. The Bertz CT molecular complexity index is 485. The van der Waals surface area contributed by atoms with Crippen molar-refractivity contribution in [2.75, 3.05) is 14.2 Å². The Kier molecular flexibility index (Phi) is 6.25. The summed E-state index contributed by atoms with van der Waals surface area (Å²) in [7, 11) is 2.49. The molecule has 0 atom stereocenters. The van der Waals surface area contributed by atoms with Crippen molar-refractivity contribution < 1.29 is 19.1 Å². The van der Waals surface area contributed by atoms with Crippen LogP contribution in [0.15, 0.2) is 34.5 Å².